The molecule has 0 amide bonds. The molecular weight excluding hydrogens is 456 g/mol. The monoisotopic (exact) mass is 500 g/mol. The molecule has 0 aliphatic rings. The Labute approximate surface area is 217 Å². The quantitative estimate of drug-likeness (QED) is 0.259. The Morgan fingerprint density at radius 3 is 1.53 bits per heavy atom. The summed E-state index contributed by atoms with van der Waals surface area (Å²) < 4.78 is 15.6. The lowest BCUT2D eigenvalue weighted by Crippen LogP contribution is -2.12. The highest BCUT2D eigenvalue weighted by molar-refractivity contribution is 5.90. The first-order chi connectivity index (χ1) is 17.1. The number of anilines is 2. The van der Waals surface area contributed by atoms with Gasteiger partial charge in [-0.25, -0.2) is 9.59 Å². The molecule has 0 heterocycles. The van der Waals surface area contributed by atoms with E-state index in [1.165, 1.54) is 0 Å². The van der Waals surface area contributed by atoms with E-state index in [2.05, 4.69) is 20.8 Å². The maximum atomic E-state index is 11.7. The van der Waals surface area contributed by atoms with Gasteiger partial charge in [-0.15, -0.1) is 0 Å². The lowest BCUT2D eigenvalue weighted by Gasteiger charge is -2.12. The number of ether oxygens (including phenoxy) is 3. The van der Waals surface area contributed by atoms with Gasteiger partial charge in [-0.1, -0.05) is 27.2 Å². The number of nitrogens with zero attached hydrogens (tertiary/aromatic N) is 2. The van der Waals surface area contributed by atoms with E-state index in [0.717, 1.165) is 37.2 Å². The molecular formula is C29H44N2O5. The fraction of sp³-hybridized carbons (Fsp3) is 0.517. The van der Waals surface area contributed by atoms with Crippen LogP contribution in [0.2, 0.25) is 0 Å². The van der Waals surface area contributed by atoms with E-state index < -0.39 is 0 Å². The van der Waals surface area contributed by atoms with Crippen LogP contribution in [0.1, 0.15) is 60.7 Å². The minimum atomic E-state index is -0.301. The van der Waals surface area contributed by atoms with Gasteiger partial charge < -0.3 is 24.0 Å². The number of benzene rings is 2. The molecule has 0 bridgehead atoms. The largest absolute Gasteiger partial charge is 0.462 e. The van der Waals surface area contributed by atoms with Crippen LogP contribution < -0.4 is 9.80 Å². The summed E-state index contributed by atoms with van der Waals surface area (Å²) in [6, 6.07) is 14.8. The smallest absolute Gasteiger partial charge is 0.338 e. The number of esters is 2. The van der Waals surface area contributed by atoms with Crippen molar-refractivity contribution in [2.24, 2.45) is 5.92 Å². The third-order valence-electron chi connectivity index (χ3n) is 5.27. The molecule has 0 atom stereocenters. The minimum Gasteiger partial charge on any atom is -0.462 e. The molecule has 0 aliphatic carbocycles. The molecule has 2 aromatic rings. The standard InChI is InChI=1S/C15H23NO3.C14H21NO2/c1-4-5-10-18-11-12-19-15(17)13-6-8-14(9-7-13)16(2)3;1-11(2)9-10-17-14(16)12-5-7-13(8-6-12)15(3)4/h6-9H,4-5,10-12H2,1-3H3;5-8,11H,9-10H2,1-4H3. The molecule has 2 rings (SSSR count). The molecule has 7 heteroatoms. The molecule has 0 unspecified atom stereocenters. The number of carbonyl (C=O) groups excluding carboxylic acids is 2. The van der Waals surface area contributed by atoms with Crippen LogP contribution in [0.5, 0.6) is 0 Å². The van der Waals surface area contributed by atoms with E-state index in [4.69, 9.17) is 14.2 Å². The van der Waals surface area contributed by atoms with E-state index >= 15 is 0 Å². The molecule has 0 N–H and O–H groups in total. The topological polar surface area (TPSA) is 68.3 Å². The molecule has 0 fully saturated rings. The summed E-state index contributed by atoms with van der Waals surface area (Å²) in [5.41, 5.74) is 3.31. The third kappa shape index (κ3) is 12.6. The summed E-state index contributed by atoms with van der Waals surface area (Å²) in [5, 5.41) is 0. The van der Waals surface area contributed by atoms with Crippen LogP contribution in [0.3, 0.4) is 0 Å². The van der Waals surface area contributed by atoms with E-state index in [-0.39, 0.29) is 11.9 Å². The first kappa shape index (κ1) is 31.0. The Bertz CT molecular complexity index is 878. The van der Waals surface area contributed by atoms with Crippen molar-refractivity contribution < 1.29 is 23.8 Å². The van der Waals surface area contributed by atoms with Crippen LogP contribution in [-0.2, 0) is 14.2 Å². The third-order valence-corrected chi connectivity index (χ3v) is 5.27. The Morgan fingerprint density at radius 2 is 1.14 bits per heavy atom. The van der Waals surface area contributed by atoms with E-state index in [1.807, 2.05) is 62.3 Å². The zero-order valence-electron chi connectivity index (χ0n) is 23.1. The van der Waals surface area contributed by atoms with E-state index in [1.54, 1.807) is 24.3 Å². The van der Waals surface area contributed by atoms with Crippen molar-refractivity contribution in [3.8, 4) is 0 Å². The molecule has 0 saturated carbocycles. The van der Waals surface area contributed by atoms with Crippen LogP contribution in [0.25, 0.3) is 0 Å². The average molecular weight is 501 g/mol. The SMILES string of the molecule is CC(C)CCOC(=O)c1ccc(N(C)C)cc1.CCCCOCCOC(=O)c1ccc(N(C)C)cc1. The van der Waals surface area contributed by atoms with Crippen molar-refractivity contribution in [2.45, 2.75) is 40.0 Å². The zero-order chi connectivity index (χ0) is 26.9. The second-order valence-electron chi connectivity index (χ2n) is 9.30. The maximum absolute atomic E-state index is 11.7. The van der Waals surface area contributed by atoms with Crippen molar-refractivity contribution in [2.75, 3.05) is 64.4 Å². The predicted molar refractivity (Wildman–Crippen MR) is 147 cm³/mol. The van der Waals surface area contributed by atoms with Gasteiger partial charge >= 0.3 is 11.9 Å². The molecule has 0 aromatic heterocycles. The van der Waals surface area contributed by atoms with Gasteiger partial charge in [-0.05, 0) is 67.3 Å². The molecule has 0 radical (unpaired) electrons. The fourth-order valence-corrected chi connectivity index (χ4v) is 2.89. The average Bonchev–Trinajstić information content (AvgIpc) is 2.86. The van der Waals surface area contributed by atoms with Gasteiger partial charge in [0.1, 0.15) is 6.61 Å². The number of carbonyl (C=O) groups is 2. The summed E-state index contributed by atoms with van der Waals surface area (Å²) in [6.07, 6.45) is 3.06. The van der Waals surface area contributed by atoms with Crippen LogP contribution >= 0.6 is 0 Å². The summed E-state index contributed by atoms with van der Waals surface area (Å²) >= 11 is 0. The Hall–Kier alpha value is -3.06. The minimum absolute atomic E-state index is 0.240. The van der Waals surface area contributed by atoms with Crippen molar-refractivity contribution in [1.82, 2.24) is 0 Å². The van der Waals surface area contributed by atoms with Gasteiger partial charge in [0.05, 0.1) is 24.3 Å². The first-order valence-electron chi connectivity index (χ1n) is 12.6. The van der Waals surface area contributed by atoms with Crippen LogP contribution in [0.15, 0.2) is 48.5 Å². The lowest BCUT2D eigenvalue weighted by atomic mass is 10.1. The maximum Gasteiger partial charge on any atom is 0.338 e. The van der Waals surface area contributed by atoms with Crippen LogP contribution in [0, 0.1) is 5.92 Å². The van der Waals surface area contributed by atoms with Crippen LogP contribution in [-0.4, -0.2) is 66.6 Å². The summed E-state index contributed by atoms with van der Waals surface area (Å²) in [4.78, 5) is 27.4. The molecule has 7 nitrogen and oxygen atoms in total. The van der Waals surface area contributed by atoms with Gasteiger partial charge in [0.25, 0.3) is 0 Å². The van der Waals surface area contributed by atoms with E-state index in [0.29, 0.717) is 36.9 Å². The Balaban J connectivity index is 0.000000362. The number of hydrogen-bond acceptors (Lipinski definition) is 7. The van der Waals surface area contributed by atoms with Gasteiger partial charge in [0.15, 0.2) is 0 Å². The number of unbranched alkanes of at least 4 members (excludes halogenated alkanes) is 1. The van der Waals surface area contributed by atoms with Crippen molar-refractivity contribution in [3.63, 3.8) is 0 Å². The molecule has 200 valence electrons. The summed E-state index contributed by atoms with van der Waals surface area (Å²) in [5.74, 6) is 0.0132. The molecule has 36 heavy (non-hydrogen) atoms. The highest BCUT2D eigenvalue weighted by Crippen LogP contribution is 2.14. The molecule has 0 aliphatic heterocycles. The summed E-state index contributed by atoms with van der Waals surface area (Å²) in [6.45, 7) is 8.32. The Morgan fingerprint density at radius 1 is 0.694 bits per heavy atom. The van der Waals surface area contributed by atoms with Gasteiger partial charge in [-0.3, -0.25) is 0 Å². The van der Waals surface area contributed by atoms with Crippen LogP contribution in [0.4, 0.5) is 11.4 Å². The highest BCUT2D eigenvalue weighted by Gasteiger charge is 2.08. The number of hydrogen-bond donors (Lipinski definition) is 0. The van der Waals surface area contributed by atoms with Gasteiger partial charge in [-0.2, -0.15) is 0 Å². The van der Waals surface area contributed by atoms with Crippen molar-refractivity contribution >= 4 is 23.3 Å². The van der Waals surface area contributed by atoms with Crippen molar-refractivity contribution in [1.29, 1.82) is 0 Å². The second kappa shape index (κ2) is 17.4. The Kier molecular flexibility index (Phi) is 15.0. The molecule has 0 spiro atoms. The number of rotatable bonds is 13. The molecule has 0 saturated heterocycles. The van der Waals surface area contributed by atoms with E-state index in [9.17, 15) is 9.59 Å². The highest BCUT2D eigenvalue weighted by atomic mass is 16.6. The van der Waals surface area contributed by atoms with Gasteiger partial charge in [0.2, 0.25) is 0 Å². The second-order valence-corrected chi connectivity index (χ2v) is 9.30. The predicted octanol–water partition coefficient (Wildman–Crippen LogP) is 5.68. The normalized spacial score (nSPS) is 10.3. The molecule has 2 aromatic carbocycles. The summed E-state index contributed by atoms with van der Waals surface area (Å²) in [7, 11) is 7.86. The van der Waals surface area contributed by atoms with Crippen molar-refractivity contribution in [3.05, 3.63) is 59.7 Å². The first-order valence-corrected chi connectivity index (χ1v) is 12.6. The lowest BCUT2D eigenvalue weighted by molar-refractivity contribution is 0.0313. The fourth-order valence-electron chi connectivity index (χ4n) is 2.89. The van der Waals surface area contributed by atoms with Gasteiger partial charge in [0, 0.05) is 46.2 Å². The zero-order valence-corrected chi connectivity index (χ0v) is 23.1.